The van der Waals surface area contributed by atoms with Crippen molar-refractivity contribution >= 4 is 0 Å². The molecule has 0 N–H and O–H groups in total. The maximum atomic E-state index is 12.4. The van der Waals surface area contributed by atoms with Gasteiger partial charge >= 0.3 is 12.5 Å². The molecule has 0 fully saturated rings. The number of halogens is 6. The van der Waals surface area contributed by atoms with Crippen LogP contribution in [0.5, 0.6) is 5.75 Å². The molecule has 0 bridgehead atoms. The molecule has 2 aromatic rings. The highest BCUT2D eigenvalue weighted by Crippen LogP contribution is 2.30. The van der Waals surface area contributed by atoms with Crippen LogP contribution in [0.1, 0.15) is 5.69 Å². The first-order valence-electron chi connectivity index (χ1n) is 5.54. The Morgan fingerprint density at radius 2 is 1.57 bits per heavy atom. The summed E-state index contributed by atoms with van der Waals surface area (Å²) >= 11 is 0. The normalized spacial score (nSPS) is 12.3. The summed E-state index contributed by atoms with van der Waals surface area (Å²) in [5, 5.41) is 0. The largest absolute Gasteiger partial charge is 0.573 e. The lowest BCUT2D eigenvalue weighted by Crippen LogP contribution is -2.17. The van der Waals surface area contributed by atoms with Crippen LogP contribution in [-0.2, 0) is 6.18 Å². The lowest BCUT2D eigenvalue weighted by Gasteiger charge is -2.10. The summed E-state index contributed by atoms with van der Waals surface area (Å²) in [6, 6.07) is 6.78. The first-order valence-corrected chi connectivity index (χ1v) is 5.54. The van der Waals surface area contributed by atoms with Crippen LogP contribution >= 0.6 is 0 Å². The molecular formula is C13H7F6NO. The highest BCUT2D eigenvalue weighted by Gasteiger charge is 2.32. The standard InChI is InChI=1S/C13H7F6NO/c14-12(15,16)11-5-4-9(7-20-11)8-2-1-3-10(6-8)21-13(17,18)19/h1-7H. The quantitative estimate of drug-likeness (QED) is 0.752. The topological polar surface area (TPSA) is 22.1 Å². The zero-order chi connectivity index (χ0) is 15.7. The smallest absolute Gasteiger partial charge is 0.406 e. The molecule has 0 amide bonds. The number of benzene rings is 1. The average molecular weight is 307 g/mol. The fourth-order valence-corrected chi connectivity index (χ4v) is 1.61. The number of nitrogens with zero attached hydrogens (tertiary/aromatic N) is 1. The molecule has 112 valence electrons. The van der Waals surface area contributed by atoms with E-state index in [1.165, 1.54) is 12.1 Å². The van der Waals surface area contributed by atoms with Gasteiger partial charge in [0.25, 0.3) is 0 Å². The molecule has 0 aliphatic rings. The second-order valence-corrected chi connectivity index (χ2v) is 4.01. The molecule has 0 aliphatic carbocycles. The van der Waals surface area contributed by atoms with Crippen molar-refractivity contribution in [3.8, 4) is 16.9 Å². The molecule has 1 heterocycles. The van der Waals surface area contributed by atoms with Crippen molar-refractivity contribution in [2.75, 3.05) is 0 Å². The number of pyridine rings is 1. The fraction of sp³-hybridized carbons (Fsp3) is 0.154. The SMILES string of the molecule is FC(F)(F)Oc1cccc(-c2ccc(C(F)(F)F)nc2)c1. The van der Waals surface area contributed by atoms with Crippen LogP contribution < -0.4 is 4.74 Å². The Labute approximate surface area is 115 Å². The molecular weight excluding hydrogens is 300 g/mol. The van der Waals surface area contributed by atoms with Gasteiger partial charge in [-0.3, -0.25) is 4.98 Å². The molecule has 0 atom stereocenters. The molecule has 1 aromatic heterocycles. The number of aromatic nitrogens is 1. The highest BCUT2D eigenvalue weighted by atomic mass is 19.4. The molecule has 1 aromatic carbocycles. The first-order chi connectivity index (χ1) is 9.65. The van der Waals surface area contributed by atoms with E-state index in [1.54, 1.807) is 0 Å². The van der Waals surface area contributed by atoms with E-state index in [-0.39, 0.29) is 11.1 Å². The monoisotopic (exact) mass is 307 g/mol. The number of ether oxygens (including phenoxy) is 1. The average Bonchev–Trinajstić information content (AvgIpc) is 2.36. The van der Waals surface area contributed by atoms with E-state index in [4.69, 9.17) is 0 Å². The predicted octanol–water partition coefficient (Wildman–Crippen LogP) is 4.67. The molecule has 0 unspecified atom stereocenters. The van der Waals surface area contributed by atoms with E-state index in [2.05, 4.69) is 9.72 Å². The zero-order valence-corrected chi connectivity index (χ0v) is 10.2. The molecule has 21 heavy (non-hydrogen) atoms. The van der Waals surface area contributed by atoms with Crippen LogP contribution in [-0.4, -0.2) is 11.3 Å². The Kier molecular flexibility index (Phi) is 3.80. The zero-order valence-electron chi connectivity index (χ0n) is 10.2. The molecule has 0 radical (unpaired) electrons. The van der Waals surface area contributed by atoms with Gasteiger partial charge in [0, 0.05) is 11.8 Å². The predicted molar refractivity (Wildman–Crippen MR) is 61.4 cm³/mol. The third kappa shape index (κ3) is 4.11. The number of rotatable bonds is 2. The van der Waals surface area contributed by atoms with Gasteiger partial charge in [-0.2, -0.15) is 13.2 Å². The second kappa shape index (κ2) is 5.27. The van der Waals surface area contributed by atoms with Crippen LogP contribution in [0.2, 0.25) is 0 Å². The van der Waals surface area contributed by atoms with E-state index in [0.717, 1.165) is 30.5 Å². The lowest BCUT2D eigenvalue weighted by atomic mass is 10.1. The molecule has 0 spiro atoms. The van der Waals surface area contributed by atoms with Crippen molar-refractivity contribution in [1.29, 1.82) is 0 Å². The van der Waals surface area contributed by atoms with Gasteiger partial charge in [0.15, 0.2) is 0 Å². The number of alkyl halides is 6. The fourth-order valence-electron chi connectivity index (χ4n) is 1.61. The maximum Gasteiger partial charge on any atom is 0.573 e. The van der Waals surface area contributed by atoms with E-state index >= 15 is 0 Å². The molecule has 2 nitrogen and oxygen atoms in total. The minimum Gasteiger partial charge on any atom is -0.406 e. The van der Waals surface area contributed by atoms with Gasteiger partial charge in [-0.15, -0.1) is 13.2 Å². The third-order valence-corrected chi connectivity index (χ3v) is 2.45. The minimum absolute atomic E-state index is 0.246. The number of hydrogen-bond donors (Lipinski definition) is 0. The Morgan fingerprint density at radius 1 is 0.857 bits per heavy atom. The van der Waals surface area contributed by atoms with Gasteiger partial charge in [-0.1, -0.05) is 18.2 Å². The summed E-state index contributed by atoms with van der Waals surface area (Å²) in [6.45, 7) is 0. The van der Waals surface area contributed by atoms with Crippen molar-refractivity contribution in [3.63, 3.8) is 0 Å². The minimum atomic E-state index is -4.84. The second-order valence-electron chi connectivity index (χ2n) is 4.01. The molecule has 8 heteroatoms. The summed E-state index contributed by atoms with van der Waals surface area (Å²) in [4.78, 5) is 3.24. The van der Waals surface area contributed by atoms with E-state index < -0.39 is 24.0 Å². The molecule has 0 saturated heterocycles. The Morgan fingerprint density at radius 3 is 2.10 bits per heavy atom. The van der Waals surface area contributed by atoms with Gasteiger partial charge in [-0.05, 0) is 23.8 Å². The highest BCUT2D eigenvalue weighted by molar-refractivity contribution is 5.64. The van der Waals surface area contributed by atoms with Crippen LogP contribution in [0.3, 0.4) is 0 Å². The van der Waals surface area contributed by atoms with Crippen molar-refractivity contribution < 1.29 is 31.1 Å². The molecule has 2 rings (SSSR count). The summed E-state index contributed by atoms with van der Waals surface area (Å²) in [7, 11) is 0. The maximum absolute atomic E-state index is 12.4. The van der Waals surface area contributed by atoms with Crippen molar-refractivity contribution in [2.24, 2.45) is 0 Å². The summed E-state index contributed by atoms with van der Waals surface area (Å²) in [6.07, 6.45) is -8.47. The Balaban J connectivity index is 2.28. The lowest BCUT2D eigenvalue weighted by molar-refractivity contribution is -0.274. The van der Waals surface area contributed by atoms with Crippen molar-refractivity contribution in [2.45, 2.75) is 12.5 Å². The van der Waals surface area contributed by atoms with Gasteiger partial charge in [0.1, 0.15) is 11.4 Å². The van der Waals surface area contributed by atoms with Gasteiger partial charge < -0.3 is 4.74 Å². The van der Waals surface area contributed by atoms with Crippen LogP contribution in [0.15, 0.2) is 42.6 Å². The van der Waals surface area contributed by atoms with Crippen LogP contribution in [0.4, 0.5) is 26.3 Å². The summed E-state index contributed by atoms with van der Waals surface area (Å²) in [5.74, 6) is -0.458. The molecule has 0 saturated carbocycles. The van der Waals surface area contributed by atoms with Gasteiger partial charge in [-0.25, -0.2) is 0 Å². The number of hydrogen-bond acceptors (Lipinski definition) is 2. The summed E-state index contributed by atoms with van der Waals surface area (Å²) in [5.41, 5.74) is -0.567. The van der Waals surface area contributed by atoms with Crippen molar-refractivity contribution in [3.05, 3.63) is 48.3 Å². The van der Waals surface area contributed by atoms with Gasteiger partial charge in [0.2, 0.25) is 0 Å². The van der Waals surface area contributed by atoms with E-state index in [9.17, 15) is 26.3 Å². The Hall–Kier alpha value is -2.25. The third-order valence-electron chi connectivity index (χ3n) is 2.45. The van der Waals surface area contributed by atoms with Crippen molar-refractivity contribution in [1.82, 2.24) is 4.98 Å². The Bertz CT molecular complexity index is 618. The van der Waals surface area contributed by atoms with Crippen LogP contribution in [0, 0.1) is 0 Å². The van der Waals surface area contributed by atoms with E-state index in [1.807, 2.05) is 0 Å². The first kappa shape index (κ1) is 15.1. The summed E-state index contributed by atoms with van der Waals surface area (Å²) < 4.78 is 77.1. The van der Waals surface area contributed by atoms with Crippen LogP contribution in [0.25, 0.3) is 11.1 Å². The van der Waals surface area contributed by atoms with E-state index in [0.29, 0.717) is 0 Å². The molecule has 0 aliphatic heterocycles. The van der Waals surface area contributed by atoms with Gasteiger partial charge in [0.05, 0.1) is 0 Å².